The summed E-state index contributed by atoms with van der Waals surface area (Å²) >= 11 is 0. The van der Waals surface area contributed by atoms with Gasteiger partial charge in [-0.15, -0.1) is 0 Å². The molecule has 104 valence electrons. The van der Waals surface area contributed by atoms with Gasteiger partial charge in [-0.3, -0.25) is 4.90 Å². The van der Waals surface area contributed by atoms with Gasteiger partial charge >= 0.3 is 0 Å². The summed E-state index contributed by atoms with van der Waals surface area (Å²) in [7, 11) is 0. The van der Waals surface area contributed by atoms with Gasteiger partial charge < -0.3 is 14.5 Å². The summed E-state index contributed by atoms with van der Waals surface area (Å²) in [5.41, 5.74) is 0.696. The quantitative estimate of drug-likeness (QED) is 0.915. The summed E-state index contributed by atoms with van der Waals surface area (Å²) in [5.74, 6) is 0.824. The molecule has 1 aromatic heterocycles. The molecule has 1 aliphatic rings. The number of ether oxygens (including phenoxy) is 1. The van der Waals surface area contributed by atoms with E-state index in [1.807, 2.05) is 24.3 Å². The van der Waals surface area contributed by atoms with Gasteiger partial charge in [0.15, 0.2) is 5.75 Å². The van der Waals surface area contributed by atoms with Crippen molar-refractivity contribution in [3.63, 3.8) is 0 Å². The van der Waals surface area contributed by atoms with Crippen molar-refractivity contribution in [1.82, 2.24) is 10.2 Å². The van der Waals surface area contributed by atoms with E-state index in [1.165, 1.54) is 0 Å². The van der Waals surface area contributed by atoms with E-state index in [4.69, 9.17) is 14.4 Å². The van der Waals surface area contributed by atoms with E-state index in [0.717, 1.165) is 38.1 Å². The van der Waals surface area contributed by atoms with Crippen LogP contribution >= 0.6 is 0 Å². The summed E-state index contributed by atoms with van der Waals surface area (Å²) < 4.78 is 11.3. The first-order chi connectivity index (χ1) is 9.88. The van der Waals surface area contributed by atoms with Crippen molar-refractivity contribution in [3.8, 4) is 11.8 Å². The zero-order chi connectivity index (χ0) is 13.8. The Bertz CT molecular complexity index is 624. The molecule has 1 saturated heterocycles. The van der Waals surface area contributed by atoms with Crippen LogP contribution in [0.4, 0.5) is 0 Å². The van der Waals surface area contributed by atoms with E-state index in [-0.39, 0.29) is 5.76 Å². The fraction of sp³-hybridized carbons (Fsp3) is 0.400. The summed E-state index contributed by atoms with van der Waals surface area (Å²) in [4.78, 5) is 2.35. The lowest BCUT2D eigenvalue weighted by atomic mass is 10.2. The Balaban J connectivity index is 1.69. The first kappa shape index (κ1) is 13.0. The molecule has 0 aliphatic carbocycles. The molecule has 0 atom stereocenters. The second kappa shape index (κ2) is 5.95. The zero-order valence-electron chi connectivity index (χ0n) is 11.3. The van der Waals surface area contributed by atoms with Crippen molar-refractivity contribution in [2.75, 3.05) is 39.3 Å². The van der Waals surface area contributed by atoms with Crippen LogP contribution in [0.15, 0.2) is 28.7 Å². The Morgan fingerprint density at radius 1 is 1.30 bits per heavy atom. The highest BCUT2D eigenvalue weighted by molar-refractivity contribution is 5.86. The molecule has 2 heterocycles. The third-order valence-corrected chi connectivity index (χ3v) is 3.52. The molecule has 1 aromatic carbocycles. The third kappa shape index (κ3) is 2.62. The smallest absolute Gasteiger partial charge is 0.246 e. The predicted molar refractivity (Wildman–Crippen MR) is 75.7 cm³/mol. The minimum absolute atomic E-state index is 0.256. The average Bonchev–Trinajstić information content (AvgIpc) is 2.87. The van der Waals surface area contributed by atoms with Crippen LogP contribution in [-0.4, -0.2) is 44.2 Å². The second-order valence-corrected chi connectivity index (χ2v) is 4.81. The molecule has 1 N–H and O–H groups in total. The van der Waals surface area contributed by atoms with E-state index < -0.39 is 0 Å². The fourth-order valence-electron chi connectivity index (χ4n) is 2.45. The number of furan rings is 1. The number of benzene rings is 1. The van der Waals surface area contributed by atoms with E-state index in [1.54, 1.807) is 0 Å². The Morgan fingerprint density at radius 2 is 2.10 bits per heavy atom. The predicted octanol–water partition coefficient (Wildman–Crippen LogP) is 1.59. The second-order valence-electron chi connectivity index (χ2n) is 4.81. The van der Waals surface area contributed by atoms with E-state index in [0.29, 0.717) is 17.9 Å². The SMILES string of the molecule is N#Cc1oc2ccccc2c1OCCN1CCNCC1. The van der Waals surface area contributed by atoms with Crippen LogP contribution < -0.4 is 10.1 Å². The molecule has 20 heavy (non-hydrogen) atoms. The standard InChI is InChI=1S/C15H17N3O2/c16-11-14-15(12-3-1-2-4-13(12)20-14)19-10-9-18-7-5-17-6-8-18/h1-4,17H,5-10H2. The maximum absolute atomic E-state index is 9.13. The number of nitrogens with one attached hydrogen (secondary N) is 1. The number of rotatable bonds is 4. The lowest BCUT2D eigenvalue weighted by Gasteiger charge is -2.26. The first-order valence-corrected chi connectivity index (χ1v) is 6.86. The summed E-state index contributed by atoms with van der Waals surface area (Å²) in [6, 6.07) is 9.63. The minimum Gasteiger partial charge on any atom is -0.487 e. The molecule has 1 aliphatic heterocycles. The molecule has 0 bridgehead atoms. The van der Waals surface area contributed by atoms with Gasteiger partial charge in [-0.25, -0.2) is 0 Å². The maximum Gasteiger partial charge on any atom is 0.246 e. The molecule has 1 fully saturated rings. The number of nitriles is 1. The zero-order valence-corrected chi connectivity index (χ0v) is 11.3. The normalized spacial score (nSPS) is 16.1. The van der Waals surface area contributed by atoms with Crippen LogP contribution in [0.2, 0.25) is 0 Å². The fourth-order valence-corrected chi connectivity index (χ4v) is 2.45. The maximum atomic E-state index is 9.13. The largest absolute Gasteiger partial charge is 0.487 e. The summed E-state index contributed by atoms with van der Waals surface area (Å²) in [6.45, 7) is 5.57. The first-order valence-electron chi connectivity index (χ1n) is 6.86. The van der Waals surface area contributed by atoms with Gasteiger partial charge in [0.25, 0.3) is 0 Å². The summed E-state index contributed by atoms with van der Waals surface area (Å²) in [5, 5.41) is 13.3. The van der Waals surface area contributed by atoms with Crippen molar-refractivity contribution in [1.29, 1.82) is 5.26 Å². The van der Waals surface area contributed by atoms with Crippen LogP contribution in [0, 0.1) is 11.3 Å². The highest BCUT2D eigenvalue weighted by Crippen LogP contribution is 2.32. The Kier molecular flexibility index (Phi) is 3.86. The van der Waals surface area contributed by atoms with Gasteiger partial charge in [-0.1, -0.05) is 12.1 Å². The minimum atomic E-state index is 0.256. The molecule has 0 spiro atoms. The molecule has 2 aromatic rings. The molecule has 0 amide bonds. The van der Waals surface area contributed by atoms with Crippen LogP contribution in [0.25, 0.3) is 11.0 Å². The van der Waals surface area contributed by atoms with Crippen molar-refractivity contribution >= 4 is 11.0 Å². The van der Waals surface area contributed by atoms with Gasteiger partial charge in [-0.2, -0.15) is 5.26 Å². The third-order valence-electron chi connectivity index (χ3n) is 3.52. The molecular weight excluding hydrogens is 254 g/mol. The molecule has 0 saturated carbocycles. The van der Waals surface area contributed by atoms with Crippen LogP contribution in [0.5, 0.6) is 5.75 Å². The van der Waals surface area contributed by atoms with Gasteiger partial charge in [0.2, 0.25) is 5.76 Å². The van der Waals surface area contributed by atoms with Crippen molar-refractivity contribution < 1.29 is 9.15 Å². The van der Waals surface area contributed by atoms with Crippen LogP contribution in [-0.2, 0) is 0 Å². The molecule has 0 unspecified atom stereocenters. The van der Waals surface area contributed by atoms with E-state index in [2.05, 4.69) is 16.3 Å². The summed E-state index contributed by atoms with van der Waals surface area (Å²) in [6.07, 6.45) is 0. The topological polar surface area (TPSA) is 61.4 Å². The molecular formula is C15H17N3O2. The number of hydrogen-bond acceptors (Lipinski definition) is 5. The average molecular weight is 271 g/mol. The number of nitrogens with zero attached hydrogens (tertiary/aromatic N) is 2. The van der Waals surface area contributed by atoms with Crippen LogP contribution in [0.1, 0.15) is 5.76 Å². The highest BCUT2D eigenvalue weighted by Gasteiger charge is 2.16. The lowest BCUT2D eigenvalue weighted by molar-refractivity contribution is 0.191. The van der Waals surface area contributed by atoms with Crippen LogP contribution in [0.3, 0.4) is 0 Å². The monoisotopic (exact) mass is 271 g/mol. The molecule has 0 radical (unpaired) electrons. The van der Waals surface area contributed by atoms with E-state index >= 15 is 0 Å². The highest BCUT2D eigenvalue weighted by atomic mass is 16.5. The van der Waals surface area contributed by atoms with Gasteiger partial charge in [0.05, 0.1) is 5.39 Å². The number of hydrogen-bond donors (Lipinski definition) is 1. The molecule has 5 heteroatoms. The van der Waals surface area contributed by atoms with Gasteiger partial charge in [-0.05, 0) is 12.1 Å². The van der Waals surface area contributed by atoms with Crippen molar-refractivity contribution in [2.45, 2.75) is 0 Å². The van der Waals surface area contributed by atoms with E-state index in [9.17, 15) is 0 Å². The number of piperazine rings is 1. The molecule has 3 rings (SSSR count). The molecule has 5 nitrogen and oxygen atoms in total. The Labute approximate surface area is 117 Å². The van der Waals surface area contributed by atoms with Gasteiger partial charge in [0, 0.05) is 32.7 Å². The van der Waals surface area contributed by atoms with Crippen molar-refractivity contribution in [3.05, 3.63) is 30.0 Å². The lowest BCUT2D eigenvalue weighted by Crippen LogP contribution is -2.44. The Morgan fingerprint density at radius 3 is 2.90 bits per heavy atom. The number of para-hydroxylation sites is 1. The van der Waals surface area contributed by atoms with Gasteiger partial charge in [0.1, 0.15) is 18.3 Å². The van der Waals surface area contributed by atoms with Crippen molar-refractivity contribution in [2.24, 2.45) is 0 Å². The number of fused-ring (bicyclic) bond motifs is 1. The Hall–Kier alpha value is -2.03.